The standard InChI is InChI=1S/C25H24ClN3O3/c1-4-29(14-23-27-22-13-19(26)8-10-21(22)24(30)28-23)25(31)15(2)16-5-6-18-12-20(32-3)9-7-17(18)11-16/h5-13,15H,4,14H2,1-3H3,(H,27,28,30)/t15-/m0/s1. The van der Waals surface area contributed by atoms with Crippen molar-refractivity contribution in [3.63, 3.8) is 0 Å². The van der Waals surface area contributed by atoms with Crippen molar-refractivity contribution in [1.82, 2.24) is 14.9 Å². The molecule has 32 heavy (non-hydrogen) atoms. The maximum absolute atomic E-state index is 13.3. The number of halogens is 1. The molecule has 0 radical (unpaired) electrons. The maximum Gasteiger partial charge on any atom is 0.258 e. The summed E-state index contributed by atoms with van der Waals surface area (Å²) in [6.07, 6.45) is 0. The number of hydrogen-bond acceptors (Lipinski definition) is 4. The fraction of sp³-hybridized carbons (Fsp3) is 0.240. The molecule has 6 nitrogen and oxygen atoms in total. The van der Waals surface area contributed by atoms with E-state index in [1.165, 1.54) is 0 Å². The van der Waals surface area contributed by atoms with Crippen LogP contribution >= 0.6 is 11.6 Å². The minimum Gasteiger partial charge on any atom is -0.497 e. The quantitative estimate of drug-likeness (QED) is 0.454. The van der Waals surface area contributed by atoms with E-state index in [4.69, 9.17) is 16.3 Å². The zero-order valence-corrected chi connectivity index (χ0v) is 18.9. The number of methoxy groups -OCH3 is 1. The first-order valence-electron chi connectivity index (χ1n) is 10.4. The molecule has 0 aliphatic heterocycles. The zero-order valence-electron chi connectivity index (χ0n) is 18.2. The van der Waals surface area contributed by atoms with Gasteiger partial charge in [-0.3, -0.25) is 9.59 Å². The number of ether oxygens (including phenoxy) is 1. The summed E-state index contributed by atoms with van der Waals surface area (Å²) in [7, 11) is 1.64. The van der Waals surface area contributed by atoms with Gasteiger partial charge in [0.15, 0.2) is 0 Å². The van der Waals surface area contributed by atoms with Gasteiger partial charge >= 0.3 is 0 Å². The number of benzene rings is 3. The van der Waals surface area contributed by atoms with E-state index in [0.29, 0.717) is 28.3 Å². The number of nitrogens with zero attached hydrogens (tertiary/aromatic N) is 2. The van der Waals surface area contributed by atoms with Crippen LogP contribution in [0.1, 0.15) is 31.2 Å². The van der Waals surface area contributed by atoms with Gasteiger partial charge in [-0.1, -0.05) is 35.9 Å². The lowest BCUT2D eigenvalue weighted by molar-refractivity contribution is -0.133. The second kappa shape index (κ2) is 9.01. The predicted molar refractivity (Wildman–Crippen MR) is 127 cm³/mol. The summed E-state index contributed by atoms with van der Waals surface area (Å²) in [4.78, 5) is 34.7. The Bertz CT molecular complexity index is 1370. The predicted octanol–water partition coefficient (Wildman–Crippen LogP) is 4.89. The molecule has 4 aromatic rings. The third-order valence-electron chi connectivity index (χ3n) is 5.69. The molecule has 1 atom stereocenters. The number of hydrogen-bond donors (Lipinski definition) is 1. The molecule has 0 saturated heterocycles. The molecule has 1 heterocycles. The number of rotatable bonds is 6. The van der Waals surface area contributed by atoms with Gasteiger partial charge in [0.25, 0.3) is 5.56 Å². The van der Waals surface area contributed by atoms with Gasteiger partial charge in [-0.15, -0.1) is 0 Å². The first-order chi connectivity index (χ1) is 15.4. The van der Waals surface area contributed by atoms with Crippen LogP contribution in [0.25, 0.3) is 21.7 Å². The van der Waals surface area contributed by atoms with Crippen molar-refractivity contribution in [2.24, 2.45) is 0 Å². The summed E-state index contributed by atoms with van der Waals surface area (Å²) >= 11 is 6.05. The van der Waals surface area contributed by atoms with Gasteiger partial charge in [0, 0.05) is 11.6 Å². The van der Waals surface area contributed by atoms with E-state index in [-0.39, 0.29) is 23.9 Å². The van der Waals surface area contributed by atoms with Gasteiger partial charge in [-0.2, -0.15) is 0 Å². The minimum atomic E-state index is -0.344. The van der Waals surface area contributed by atoms with Gasteiger partial charge in [-0.05, 0) is 60.5 Å². The Hall–Kier alpha value is -3.38. The van der Waals surface area contributed by atoms with E-state index >= 15 is 0 Å². The number of nitrogens with one attached hydrogen (secondary N) is 1. The average Bonchev–Trinajstić information content (AvgIpc) is 2.80. The number of likely N-dealkylation sites (N-methyl/N-ethyl adjacent to an activating group) is 1. The monoisotopic (exact) mass is 449 g/mol. The van der Waals surface area contributed by atoms with Crippen molar-refractivity contribution in [2.45, 2.75) is 26.3 Å². The number of carbonyl (C=O) groups is 1. The second-order valence-corrected chi connectivity index (χ2v) is 8.16. The van der Waals surface area contributed by atoms with Crippen LogP contribution in [0, 0.1) is 0 Å². The van der Waals surface area contributed by atoms with E-state index in [1.54, 1.807) is 30.2 Å². The van der Waals surface area contributed by atoms with Gasteiger partial charge in [-0.25, -0.2) is 4.98 Å². The summed E-state index contributed by atoms with van der Waals surface area (Å²) < 4.78 is 5.28. The van der Waals surface area contributed by atoms with E-state index < -0.39 is 0 Å². The van der Waals surface area contributed by atoms with Crippen LogP contribution in [-0.4, -0.2) is 34.4 Å². The maximum atomic E-state index is 13.3. The molecule has 1 aromatic heterocycles. The smallest absolute Gasteiger partial charge is 0.258 e. The van der Waals surface area contributed by atoms with E-state index in [0.717, 1.165) is 22.1 Å². The van der Waals surface area contributed by atoms with Crippen molar-refractivity contribution in [2.75, 3.05) is 13.7 Å². The molecule has 1 amide bonds. The molecule has 0 unspecified atom stereocenters. The molecule has 0 fully saturated rings. The van der Waals surface area contributed by atoms with Crippen LogP contribution in [-0.2, 0) is 11.3 Å². The first-order valence-corrected chi connectivity index (χ1v) is 10.8. The highest BCUT2D eigenvalue weighted by Gasteiger charge is 2.22. The third-order valence-corrected chi connectivity index (χ3v) is 5.93. The van der Waals surface area contributed by atoms with Crippen molar-refractivity contribution in [3.8, 4) is 5.75 Å². The molecule has 0 spiro atoms. The molecule has 4 rings (SSSR count). The summed E-state index contributed by atoms with van der Waals surface area (Å²) in [6.45, 7) is 4.51. The normalized spacial score (nSPS) is 12.1. The number of aromatic nitrogens is 2. The van der Waals surface area contributed by atoms with E-state index in [1.807, 2.05) is 50.2 Å². The number of amides is 1. The summed E-state index contributed by atoms with van der Waals surface area (Å²) in [5.74, 6) is 0.847. The average molecular weight is 450 g/mol. The number of fused-ring (bicyclic) bond motifs is 2. The van der Waals surface area contributed by atoms with Crippen LogP contribution in [0.2, 0.25) is 5.02 Å². The molecule has 1 N–H and O–H groups in total. The van der Waals surface area contributed by atoms with Crippen molar-refractivity contribution in [1.29, 1.82) is 0 Å². The Morgan fingerprint density at radius 3 is 2.62 bits per heavy atom. The third kappa shape index (κ3) is 4.32. The molecule has 3 aromatic carbocycles. The molecule has 164 valence electrons. The lowest BCUT2D eigenvalue weighted by atomic mass is 9.96. The van der Waals surface area contributed by atoms with Crippen molar-refractivity contribution in [3.05, 3.63) is 81.4 Å². The Kier molecular flexibility index (Phi) is 6.15. The lowest BCUT2D eigenvalue weighted by Gasteiger charge is -2.24. The highest BCUT2D eigenvalue weighted by Crippen LogP contribution is 2.26. The van der Waals surface area contributed by atoms with E-state index in [2.05, 4.69) is 9.97 Å². The number of aromatic amines is 1. The molecular weight excluding hydrogens is 426 g/mol. The topological polar surface area (TPSA) is 75.3 Å². The second-order valence-electron chi connectivity index (χ2n) is 7.72. The molecular formula is C25H24ClN3O3. The lowest BCUT2D eigenvalue weighted by Crippen LogP contribution is -2.34. The Balaban J connectivity index is 1.59. The van der Waals surface area contributed by atoms with Crippen LogP contribution in [0.4, 0.5) is 0 Å². The molecule has 0 aliphatic rings. The summed E-state index contributed by atoms with van der Waals surface area (Å²) in [5.41, 5.74) is 1.19. The van der Waals surface area contributed by atoms with E-state index in [9.17, 15) is 9.59 Å². The highest BCUT2D eigenvalue weighted by atomic mass is 35.5. The molecule has 7 heteroatoms. The van der Waals surface area contributed by atoms with Gasteiger partial charge in [0.2, 0.25) is 5.91 Å². The SMILES string of the molecule is CCN(Cc1nc2cc(Cl)ccc2c(=O)[nH]1)C(=O)[C@@H](C)c1ccc2cc(OC)ccc2c1. The van der Waals surface area contributed by atoms with Gasteiger partial charge in [0.05, 0.1) is 30.5 Å². The van der Waals surface area contributed by atoms with Crippen LogP contribution < -0.4 is 10.3 Å². The fourth-order valence-electron chi connectivity index (χ4n) is 3.82. The zero-order chi connectivity index (χ0) is 22.8. The van der Waals surface area contributed by atoms with Crippen molar-refractivity contribution >= 4 is 39.2 Å². The Morgan fingerprint density at radius 1 is 1.12 bits per heavy atom. The first kappa shape index (κ1) is 21.8. The Labute approximate surface area is 190 Å². The minimum absolute atomic E-state index is 0.0331. The fourth-order valence-corrected chi connectivity index (χ4v) is 3.98. The molecule has 0 bridgehead atoms. The molecule has 0 saturated carbocycles. The van der Waals surface area contributed by atoms with Crippen LogP contribution in [0.15, 0.2) is 59.4 Å². The molecule has 0 aliphatic carbocycles. The van der Waals surface area contributed by atoms with Gasteiger partial charge < -0.3 is 14.6 Å². The highest BCUT2D eigenvalue weighted by molar-refractivity contribution is 6.31. The summed E-state index contributed by atoms with van der Waals surface area (Å²) in [6, 6.07) is 16.8. The van der Waals surface area contributed by atoms with Crippen LogP contribution in [0.5, 0.6) is 5.75 Å². The Morgan fingerprint density at radius 2 is 1.88 bits per heavy atom. The van der Waals surface area contributed by atoms with Gasteiger partial charge in [0.1, 0.15) is 11.6 Å². The largest absolute Gasteiger partial charge is 0.497 e. The van der Waals surface area contributed by atoms with Crippen molar-refractivity contribution < 1.29 is 9.53 Å². The number of carbonyl (C=O) groups excluding carboxylic acids is 1. The summed E-state index contributed by atoms with van der Waals surface area (Å²) in [5, 5.41) is 3.07. The number of H-pyrrole nitrogens is 1. The van der Waals surface area contributed by atoms with Crippen LogP contribution in [0.3, 0.4) is 0 Å².